The standard InChI is InChI=1S/C14H26N2O3/c1-9-5-6-10(7-9)8-15-13(19)16-11(12(17)18)14(2,3)4/h9-11H,5-8H2,1-4H3,(H,17,18)(H2,15,16,19)/t9?,10?,11-/m0/s1. The highest BCUT2D eigenvalue weighted by atomic mass is 16.4. The number of carbonyl (C=O) groups is 2. The van der Waals surface area contributed by atoms with Gasteiger partial charge in [0.2, 0.25) is 0 Å². The molecule has 1 saturated carbocycles. The summed E-state index contributed by atoms with van der Waals surface area (Å²) in [5, 5.41) is 14.5. The van der Waals surface area contributed by atoms with Crippen molar-refractivity contribution in [1.82, 2.24) is 10.6 Å². The van der Waals surface area contributed by atoms with Crippen molar-refractivity contribution in [3.63, 3.8) is 0 Å². The number of carboxylic acids is 1. The first kappa shape index (κ1) is 15.8. The molecule has 3 atom stereocenters. The maximum absolute atomic E-state index is 11.8. The number of nitrogens with one attached hydrogen (secondary N) is 2. The van der Waals surface area contributed by atoms with Crippen molar-refractivity contribution in [2.24, 2.45) is 17.3 Å². The van der Waals surface area contributed by atoms with Crippen molar-refractivity contribution in [2.75, 3.05) is 6.54 Å². The Labute approximate surface area is 115 Å². The Balaban J connectivity index is 2.39. The zero-order chi connectivity index (χ0) is 14.6. The van der Waals surface area contributed by atoms with Crippen LogP contribution in [0.2, 0.25) is 0 Å². The molecule has 0 radical (unpaired) electrons. The molecule has 0 heterocycles. The van der Waals surface area contributed by atoms with Crippen LogP contribution >= 0.6 is 0 Å². The summed E-state index contributed by atoms with van der Waals surface area (Å²) < 4.78 is 0. The van der Waals surface area contributed by atoms with E-state index in [4.69, 9.17) is 5.11 Å². The third-order valence-corrected chi connectivity index (χ3v) is 3.74. The van der Waals surface area contributed by atoms with Crippen molar-refractivity contribution >= 4 is 12.0 Å². The van der Waals surface area contributed by atoms with Crippen LogP contribution in [0.15, 0.2) is 0 Å². The maximum atomic E-state index is 11.8. The molecular formula is C14H26N2O3. The molecule has 5 heteroatoms. The van der Waals surface area contributed by atoms with Crippen LogP contribution in [-0.4, -0.2) is 29.7 Å². The quantitative estimate of drug-likeness (QED) is 0.733. The fourth-order valence-corrected chi connectivity index (χ4v) is 2.58. The lowest BCUT2D eigenvalue weighted by molar-refractivity contribution is -0.141. The van der Waals surface area contributed by atoms with Crippen molar-refractivity contribution in [3.05, 3.63) is 0 Å². The summed E-state index contributed by atoms with van der Waals surface area (Å²) >= 11 is 0. The summed E-state index contributed by atoms with van der Waals surface area (Å²) in [5.41, 5.74) is -0.509. The highest BCUT2D eigenvalue weighted by molar-refractivity contribution is 5.83. The van der Waals surface area contributed by atoms with E-state index < -0.39 is 17.4 Å². The number of amides is 2. The molecule has 5 nitrogen and oxygen atoms in total. The zero-order valence-corrected chi connectivity index (χ0v) is 12.3. The topological polar surface area (TPSA) is 78.4 Å². The minimum Gasteiger partial charge on any atom is -0.480 e. The van der Waals surface area contributed by atoms with Crippen molar-refractivity contribution in [2.45, 2.75) is 53.0 Å². The molecule has 0 saturated heterocycles. The van der Waals surface area contributed by atoms with E-state index in [2.05, 4.69) is 17.6 Å². The van der Waals surface area contributed by atoms with Gasteiger partial charge < -0.3 is 15.7 Å². The molecule has 3 N–H and O–H groups in total. The second kappa shape index (κ2) is 6.26. The molecule has 0 aromatic carbocycles. The summed E-state index contributed by atoms with van der Waals surface area (Å²) in [5.74, 6) is 0.256. The predicted octanol–water partition coefficient (Wildman–Crippen LogP) is 2.22. The van der Waals surface area contributed by atoms with Gasteiger partial charge in [-0.05, 0) is 30.1 Å². The second-order valence-corrected chi connectivity index (χ2v) is 6.78. The molecule has 2 amide bonds. The molecular weight excluding hydrogens is 244 g/mol. The lowest BCUT2D eigenvalue weighted by atomic mass is 9.87. The Bertz CT molecular complexity index is 336. The van der Waals surface area contributed by atoms with Gasteiger partial charge in [-0.1, -0.05) is 34.1 Å². The van der Waals surface area contributed by atoms with Gasteiger partial charge in [-0.2, -0.15) is 0 Å². The van der Waals surface area contributed by atoms with E-state index in [1.54, 1.807) is 20.8 Å². The van der Waals surface area contributed by atoms with Crippen molar-refractivity contribution in [3.8, 4) is 0 Å². The molecule has 0 aromatic rings. The van der Waals surface area contributed by atoms with Crippen LogP contribution in [0.5, 0.6) is 0 Å². The first-order valence-electron chi connectivity index (χ1n) is 6.97. The third kappa shape index (κ3) is 5.09. The molecule has 110 valence electrons. The van der Waals surface area contributed by atoms with Gasteiger partial charge in [0.15, 0.2) is 0 Å². The Morgan fingerprint density at radius 2 is 1.95 bits per heavy atom. The SMILES string of the molecule is CC1CCC(CNC(=O)N[C@@H](C(=O)O)C(C)(C)C)C1. The summed E-state index contributed by atoms with van der Waals surface area (Å²) in [6.07, 6.45) is 3.50. The minimum absolute atomic E-state index is 0.387. The number of aliphatic carboxylic acids is 1. The van der Waals surface area contributed by atoms with Crippen LogP contribution in [0.25, 0.3) is 0 Å². The van der Waals surface area contributed by atoms with Gasteiger partial charge in [-0.15, -0.1) is 0 Å². The molecule has 1 rings (SSSR count). The summed E-state index contributed by atoms with van der Waals surface area (Å²) in [7, 11) is 0. The fourth-order valence-electron chi connectivity index (χ4n) is 2.58. The largest absolute Gasteiger partial charge is 0.480 e. The van der Waals surface area contributed by atoms with Gasteiger partial charge in [-0.3, -0.25) is 0 Å². The molecule has 0 aliphatic heterocycles. The summed E-state index contributed by atoms with van der Waals surface area (Å²) in [6.45, 7) is 8.24. The van der Waals surface area contributed by atoms with Crippen LogP contribution in [-0.2, 0) is 4.79 Å². The van der Waals surface area contributed by atoms with E-state index in [-0.39, 0.29) is 6.03 Å². The highest BCUT2D eigenvalue weighted by Crippen LogP contribution is 2.29. The highest BCUT2D eigenvalue weighted by Gasteiger charge is 2.32. The van der Waals surface area contributed by atoms with E-state index in [1.807, 2.05) is 0 Å². The number of rotatable bonds is 4. The minimum atomic E-state index is -1.00. The van der Waals surface area contributed by atoms with Gasteiger partial charge in [0.25, 0.3) is 0 Å². The molecule has 0 bridgehead atoms. The van der Waals surface area contributed by atoms with E-state index in [9.17, 15) is 9.59 Å². The monoisotopic (exact) mass is 270 g/mol. The smallest absolute Gasteiger partial charge is 0.326 e. The Morgan fingerprint density at radius 3 is 2.37 bits per heavy atom. The van der Waals surface area contributed by atoms with Gasteiger partial charge >= 0.3 is 12.0 Å². The molecule has 1 aliphatic rings. The number of carbonyl (C=O) groups excluding carboxylic acids is 1. The van der Waals surface area contributed by atoms with Crippen molar-refractivity contribution < 1.29 is 14.7 Å². The Kier molecular flexibility index (Phi) is 5.20. The number of hydrogen-bond acceptors (Lipinski definition) is 2. The summed E-state index contributed by atoms with van der Waals surface area (Å²) in [6, 6.07) is -1.27. The average molecular weight is 270 g/mol. The molecule has 1 fully saturated rings. The molecule has 19 heavy (non-hydrogen) atoms. The van der Waals surface area contributed by atoms with E-state index in [1.165, 1.54) is 6.42 Å². The van der Waals surface area contributed by atoms with E-state index in [0.29, 0.717) is 12.5 Å². The molecule has 0 aromatic heterocycles. The number of carboxylic acid groups (broad SMARTS) is 1. The zero-order valence-electron chi connectivity index (χ0n) is 12.3. The first-order chi connectivity index (χ1) is 8.70. The predicted molar refractivity (Wildman–Crippen MR) is 73.9 cm³/mol. The van der Waals surface area contributed by atoms with Crippen LogP contribution in [0.4, 0.5) is 4.79 Å². The number of urea groups is 1. The van der Waals surface area contributed by atoms with Crippen LogP contribution in [0.3, 0.4) is 0 Å². The van der Waals surface area contributed by atoms with E-state index in [0.717, 1.165) is 18.8 Å². The second-order valence-electron chi connectivity index (χ2n) is 6.78. The first-order valence-corrected chi connectivity index (χ1v) is 6.97. The van der Waals surface area contributed by atoms with Crippen molar-refractivity contribution in [1.29, 1.82) is 0 Å². The van der Waals surface area contributed by atoms with Gasteiger partial charge in [0, 0.05) is 6.54 Å². The molecule has 0 spiro atoms. The Morgan fingerprint density at radius 1 is 1.32 bits per heavy atom. The van der Waals surface area contributed by atoms with E-state index >= 15 is 0 Å². The maximum Gasteiger partial charge on any atom is 0.326 e. The average Bonchev–Trinajstić information content (AvgIpc) is 2.67. The lowest BCUT2D eigenvalue weighted by Gasteiger charge is -2.28. The number of hydrogen-bond donors (Lipinski definition) is 3. The normalized spacial score (nSPS) is 24.8. The lowest BCUT2D eigenvalue weighted by Crippen LogP contribution is -2.52. The third-order valence-electron chi connectivity index (χ3n) is 3.74. The van der Waals surface area contributed by atoms with Crippen LogP contribution in [0, 0.1) is 17.3 Å². The van der Waals surface area contributed by atoms with Gasteiger partial charge in [0.05, 0.1) is 0 Å². The van der Waals surface area contributed by atoms with Gasteiger partial charge in [0.1, 0.15) is 6.04 Å². The van der Waals surface area contributed by atoms with Gasteiger partial charge in [-0.25, -0.2) is 9.59 Å². The Hall–Kier alpha value is -1.26. The molecule has 1 aliphatic carbocycles. The fraction of sp³-hybridized carbons (Fsp3) is 0.857. The van der Waals surface area contributed by atoms with Crippen LogP contribution < -0.4 is 10.6 Å². The summed E-state index contributed by atoms with van der Waals surface area (Å²) in [4.78, 5) is 22.9. The molecule has 2 unspecified atom stereocenters. The van der Waals surface area contributed by atoms with Crippen LogP contribution in [0.1, 0.15) is 47.0 Å².